The monoisotopic (exact) mass is 1160 g/mol. The molecule has 0 aromatic carbocycles. The van der Waals surface area contributed by atoms with Gasteiger partial charge in [-0.2, -0.15) is 5.26 Å². The zero-order valence-electron chi connectivity index (χ0n) is 55.6. The van der Waals surface area contributed by atoms with Gasteiger partial charge in [0.25, 0.3) is 5.54 Å². The van der Waals surface area contributed by atoms with Gasteiger partial charge in [0, 0.05) is 23.9 Å². The molecule has 0 N–H and O–H groups in total. The van der Waals surface area contributed by atoms with Crippen molar-refractivity contribution in [2.24, 2.45) is 34.0 Å². The molecule has 0 rings (SSSR count). The molecule has 0 saturated carbocycles. The normalized spacial score (nSPS) is 16.0. The van der Waals surface area contributed by atoms with Crippen LogP contribution >= 0.6 is 0 Å². The number of rotatable bonds is 37. The molecule has 18 heteroatoms. The minimum atomic E-state index is -2.72. The van der Waals surface area contributed by atoms with E-state index in [9.17, 15) is 30.8 Å². The number of nitrogens with zero attached hydrogens (tertiary/aromatic N) is 8. The first kappa shape index (κ1) is 77.5. The fraction of sp³-hybridized carbons (Fsp3) is 0.800. The number of esters is 4. The second-order valence-electron chi connectivity index (χ2n) is 27.4. The molecule has 0 heterocycles. The number of hydrogen-bond donors (Lipinski definition) is 0. The van der Waals surface area contributed by atoms with Crippen LogP contribution in [-0.2, 0) is 42.9 Å². The summed E-state index contributed by atoms with van der Waals surface area (Å²) in [5.74, 6) is -2.39. The highest BCUT2D eigenvalue weighted by molar-refractivity contribution is 6.01. The lowest BCUT2D eigenvalue weighted by Gasteiger charge is -2.49. The largest absolute Gasteiger partial charge is 0.763 e. The Morgan fingerprint density at radius 2 is 1.01 bits per heavy atom. The van der Waals surface area contributed by atoms with Crippen molar-refractivity contribution in [1.29, 1.82) is 5.26 Å². The van der Waals surface area contributed by atoms with E-state index in [4.69, 9.17) is 36.8 Å². The Balaban J connectivity index is 9.10. The molecule has 83 heavy (non-hydrogen) atoms. The molecule has 0 radical (unpaired) electrons. The van der Waals surface area contributed by atoms with Crippen molar-refractivity contribution in [3.63, 3.8) is 0 Å². The van der Waals surface area contributed by atoms with Crippen LogP contribution in [0.4, 0.5) is 0 Å². The van der Waals surface area contributed by atoms with Gasteiger partial charge < -0.3 is 48.6 Å². The molecule has 470 valence electrons. The maximum Gasteiger partial charge on any atom is 0.413 e. The molecular weight excluding hydrogens is 1050 g/mol. The highest BCUT2D eigenvalue weighted by Crippen LogP contribution is 2.39. The zero-order chi connectivity index (χ0) is 64.6. The number of likely N-dealkylation sites (N-methyl/N-ethyl adjacent to an activating group) is 3. The Morgan fingerprint density at radius 3 is 1.39 bits per heavy atom. The summed E-state index contributed by atoms with van der Waals surface area (Å²) < 4.78 is 29.5. The second kappa shape index (κ2) is 33.8. The van der Waals surface area contributed by atoms with Crippen molar-refractivity contribution in [2.75, 3.05) is 72.0 Å². The van der Waals surface area contributed by atoms with Gasteiger partial charge in [0.05, 0.1) is 95.9 Å². The topological polar surface area (TPSA) is 215 Å². The molecule has 0 spiro atoms. The Morgan fingerprint density at radius 1 is 0.578 bits per heavy atom. The van der Waals surface area contributed by atoms with Crippen molar-refractivity contribution < 1.29 is 61.4 Å². The summed E-state index contributed by atoms with van der Waals surface area (Å²) in [6.45, 7) is 60.6. The third kappa shape index (κ3) is 23.5. The van der Waals surface area contributed by atoms with Crippen LogP contribution in [0.3, 0.4) is 0 Å². The summed E-state index contributed by atoms with van der Waals surface area (Å²) >= 11 is 0. The van der Waals surface area contributed by atoms with Crippen molar-refractivity contribution in [3.05, 3.63) is 56.4 Å². The first-order chi connectivity index (χ1) is 38.3. The molecule has 0 aliphatic carbocycles. The maximum absolute atomic E-state index is 15.9. The summed E-state index contributed by atoms with van der Waals surface area (Å²) in [4.78, 5) is 67.7. The molecular formula is C65H110N8O10. The van der Waals surface area contributed by atoms with Crippen LogP contribution in [0.5, 0.6) is 0 Å². The zero-order valence-corrected chi connectivity index (χ0v) is 55.6. The van der Waals surface area contributed by atoms with E-state index in [1.54, 1.807) is 27.7 Å². The van der Waals surface area contributed by atoms with E-state index in [2.05, 4.69) is 91.9 Å². The van der Waals surface area contributed by atoms with Crippen LogP contribution in [0.1, 0.15) is 204 Å². The Bertz CT molecular complexity index is 2380. The lowest BCUT2D eigenvalue weighted by Crippen LogP contribution is -2.69. The van der Waals surface area contributed by atoms with Gasteiger partial charge in [-0.3, -0.25) is 21.1 Å². The molecule has 7 unspecified atom stereocenters. The van der Waals surface area contributed by atoms with Crippen LogP contribution in [0, 0.1) is 58.5 Å². The van der Waals surface area contributed by atoms with Crippen molar-refractivity contribution in [3.8, 4) is 6.07 Å². The van der Waals surface area contributed by atoms with E-state index in [-0.39, 0.29) is 80.2 Å². The summed E-state index contributed by atoms with van der Waals surface area (Å²) in [5.41, 5.74) is -6.83. The number of quaternary nitrogens is 3. The summed E-state index contributed by atoms with van der Waals surface area (Å²) in [6, 6.07) is 2.18. The molecule has 0 bridgehead atoms. The third-order valence-electron chi connectivity index (χ3n) is 16.6. The highest BCUT2D eigenvalue weighted by atomic mass is 16.9. The van der Waals surface area contributed by atoms with Crippen molar-refractivity contribution in [1.82, 2.24) is 0 Å². The summed E-state index contributed by atoms with van der Waals surface area (Å²) in [5, 5.41) is 47.2. The van der Waals surface area contributed by atoms with E-state index < -0.39 is 89.3 Å². The van der Waals surface area contributed by atoms with Gasteiger partial charge in [0.1, 0.15) is 18.2 Å². The van der Waals surface area contributed by atoms with Gasteiger partial charge in [-0.25, -0.2) is 30.6 Å². The fourth-order valence-corrected chi connectivity index (χ4v) is 12.4. The Kier molecular flexibility index (Phi) is 31.6. The first-order valence-corrected chi connectivity index (χ1v) is 30.5. The minimum Gasteiger partial charge on any atom is -0.763 e. The molecule has 0 fully saturated rings. The summed E-state index contributed by atoms with van der Waals surface area (Å²) in [6.07, 6.45) is 0.609. The average Bonchev–Trinajstić information content (AvgIpc) is 3.57. The standard InChI is InChI=1S/C65H110N8O10/c1-25-50(13)79-55(74)51(39-66)37-64(70-24,46-72(30-6,31-7)42-48(11)35-62(17,18)19)58(77)82-60(81-56(75)52(40-67)44-71(28-4,29-5)41-47(10)34-61(14,15)16)83-59(78)65(45-68,38-54(69-23)57(76)80-53(26-2)27-3)73(32-8,33-9)43-49(12)36-63(20,21)22/h47-50,53,60H,25-38,41-44,46H2,1-22H3. The van der Waals surface area contributed by atoms with Gasteiger partial charge in [-0.05, 0) is 103 Å². The molecule has 7 atom stereocenters. The van der Waals surface area contributed by atoms with E-state index in [1.807, 2.05) is 60.2 Å². The molecule has 0 amide bonds. The molecule has 0 aliphatic rings. The van der Waals surface area contributed by atoms with Gasteiger partial charge >= 0.3 is 35.9 Å². The van der Waals surface area contributed by atoms with Crippen LogP contribution in [0.15, 0.2) is 22.8 Å². The van der Waals surface area contributed by atoms with Gasteiger partial charge in [-0.15, -0.1) is 0 Å². The number of carbonyl (C=O) groups excluding carboxylic acids is 4. The lowest BCUT2D eigenvalue weighted by molar-refractivity contribution is -0.959. The fourth-order valence-electron chi connectivity index (χ4n) is 12.4. The quantitative estimate of drug-likeness (QED) is 0.0108. The van der Waals surface area contributed by atoms with E-state index in [0.29, 0.717) is 65.0 Å². The van der Waals surface area contributed by atoms with Crippen LogP contribution in [0.2, 0.25) is 0 Å². The first-order valence-electron chi connectivity index (χ1n) is 30.5. The van der Waals surface area contributed by atoms with Gasteiger partial charge in [0.2, 0.25) is 0 Å². The average molecular weight is 1160 g/mol. The van der Waals surface area contributed by atoms with E-state index in [1.165, 1.54) is 0 Å². The lowest BCUT2D eigenvalue weighted by atomic mass is 9.82. The van der Waals surface area contributed by atoms with Crippen LogP contribution < -0.4 is 5.11 Å². The van der Waals surface area contributed by atoms with Crippen LogP contribution in [-0.4, -0.2) is 151 Å². The van der Waals surface area contributed by atoms with Crippen LogP contribution in [0.25, 0.3) is 20.5 Å². The number of ether oxygens (including phenoxy) is 5. The van der Waals surface area contributed by atoms with Gasteiger partial charge in [0.15, 0.2) is 12.2 Å². The number of nitriles is 1. The smallest absolute Gasteiger partial charge is 0.413 e. The second-order valence-corrected chi connectivity index (χ2v) is 27.4. The van der Waals surface area contributed by atoms with Crippen molar-refractivity contribution in [2.45, 2.75) is 233 Å². The van der Waals surface area contributed by atoms with E-state index >= 15 is 9.59 Å². The molecule has 18 nitrogen and oxygen atoms in total. The molecule has 0 aliphatic heterocycles. The predicted octanol–water partition coefficient (Wildman–Crippen LogP) is 11.7. The minimum absolute atomic E-state index is 0.0214. The Labute approximate surface area is 502 Å². The van der Waals surface area contributed by atoms with Gasteiger partial charge in [-0.1, -0.05) is 104 Å². The molecule has 0 aromatic heterocycles. The maximum atomic E-state index is 15.9. The highest BCUT2D eigenvalue weighted by Gasteiger charge is 2.61. The predicted molar refractivity (Wildman–Crippen MR) is 326 cm³/mol. The Hall–Kier alpha value is -5.53. The SMILES string of the molecule is [C-]#[N+]C(CC(C#N)(C(=O)OC(OC(=O)C(=C=[N-])C[N+](CC)(CC)CC(C)CC(C)(C)C)OC(=O)C(CC(=C=[N-])C(=O)OC(C)CC)(C[N+](CC)(CC)CC(C)CC(C)(C)C)[N+]#[C-])[N+](CC)(CC)CC(C)CC(C)(C)C)=C([O-])OC(CC)CC. The molecule has 0 aromatic rings. The summed E-state index contributed by atoms with van der Waals surface area (Å²) in [7, 11) is 0. The number of carbonyl (C=O) groups is 4. The third-order valence-corrected chi connectivity index (χ3v) is 16.6. The van der Waals surface area contributed by atoms with Crippen molar-refractivity contribution >= 4 is 35.6 Å². The number of hydrogen-bond acceptors (Lipinski definition) is 11. The molecule has 0 saturated heterocycles. The van der Waals surface area contributed by atoms with E-state index in [0.717, 1.165) is 12.8 Å².